The first kappa shape index (κ1) is 16.2. The molecule has 0 aliphatic carbocycles. The number of nitrogens with zero attached hydrogens (tertiary/aromatic N) is 2. The van der Waals surface area contributed by atoms with Crippen molar-refractivity contribution in [3.63, 3.8) is 0 Å². The SMILES string of the molecule is CCN(CCCN(C)C)CC(O)c1cccc(C)c1. The van der Waals surface area contributed by atoms with Gasteiger partial charge in [-0.1, -0.05) is 36.8 Å². The largest absolute Gasteiger partial charge is 0.387 e. The molecule has 3 heteroatoms. The molecule has 0 bridgehead atoms. The quantitative estimate of drug-likeness (QED) is 0.780. The summed E-state index contributed by atoms with van der Waals surface area (Å²) >= 11 is 0. The smallest absolute Gasteiger partial charge is 0.0917 e. The van der Waals surface area contributed by atoms with Crippen molar-refractivity contribution in [2.75, 3.05) is 40.3 Å². The molecule has 0 amide bonds. The highest BCUT2D eigenvalue weighted by atomic mass is 16.3. The highest BCUT2D eigenvalue weighted by Gasteiger charge is 2.12. The summed E-state index contributed by atoms with van der Waals surface area (Å²) in [7, 11) is 4.19. The lowest BCUT2D eigenvalue weighted by molar-refractivity contribution is 0.114. The third-order valence-electron chi connectivity index (χ3n) is 3.38. The summed E-state index contributed by atoms with van der Waals surface area (Å²) in [6.45, 7) is 8.04. The van der Waals surface area contributed by atoms with E-state index < -0.39 is 0 Å². The molecule has 0 saturated heterocycles. The molecule has 0 radical (unpaired) electrons. The molecule has 0 spiro atoms. The molecule has 0 saturated carbocycles. The predicted octanol–water partition coefficient (Wildman–Crippen LogP) is 2.30. The maximum atomic E-state index is 10.3. The van der Waals surface area contributed by atoms with Crippen LogP contribution in [0, 0.1) is 6.92 Å². The van der Waals surface area contributed by atoms with E-state index >= 15 is 0 Å². The standard InChI is InChI=1S/C16H28N2O/c1-5-18(11-7-10-17(3)4)13-16(19)15-9-6-8-14(2)12-15/h6,8-9,12,16,19H,5,7,10-11,13H2,1-4H3. The molecule has 19 heavy (non-hydrogen) atoms. The Morgan fingerprint density at radius 2 is 1.95 bits per heavy atom. The summed E-state index contributed by atoms with van der Waals surface area (Å²) in [5.41, 5.74) is 2.22. The molecule has 0 aromatic heterocycles. The van der Waals surface area contributed by atoms with Gasteiger partial charge in [-0.15, -0.1) is 0 Å². The molecule has 0 aliphatic rings. The maximum Gasteiger partial charge on any atom is 0.0917 e. The lowest BCUT2D eigenvalue weighted by Crippen LogP contribution is -2.31. The van der Waals surface area contributed by atoms with Gasteiger partial charge in [0, 0.05) is 6.54 Å². The third-order valence-corrected chi connectivity index (χ3v) is 3.38. The number of aliphatic hydroxyl groups excluding tert-OH is 1. The first-order valence-corrected chi connectivity index (χ1v) is 7.14. The molecule has 0 heterocycles. The molecule has 0 aliphatic heterocycles. The Morgan fingerprint density at radius 3 is 2.53 bits per heavy atom. The van der Waals surface area contributed by atoms with Crippen LogP contribution in [0.3, 0.4) is 0 Å². The van der Waals surface area contributed by atoms with Crippen molar-refractivity contribution >= 4 is 0 Å². The summed E-state index contributed by atoms with van der Waals surface area (Å²) in [6, 6.07) is 8.14. The van der Waals surface area contributed by atoms with E-state index in [9.17, 15) is 5.11 Å². The van der Waals surface area contributed by atoms with Gasteiger partial charge in [-0.2, -0.15) is 0 Å². The van der Waals surface area contributed by atoms with Crippen LogP contribution in [-0.4, -0.2) is 55.2 Å². The van der Waals surface area contributed by atoms with Crippen molar-refractivity contribution in [2.45, 2.75) is 26.4 Å². The first-order chi connectivity index (χ1) is 9.02. The summed E-state index contributed by atoms with van der Waals surface area (Å²) in [6.07, 6.45) is 0.751. The zero-order chi connectivity index (χ0) is 14.3. The second kappa shape index (κ2) is 8.31. The number of aryl methyl sites for hydroxylation is 1. The lowest BCUT2D eigenvalue weighted by atomic mass is 10.1. The lowest BCUT2D eigenvalue weighted by Gasteiger charge is -2.24. The maximum absolute atomic E-state index is 10.3. The molecule has 1 atom stereocenters. The second-order valence-electron chi connectivity index (χ2n) is 5.48. The molecule has 1 N–H and O–H groups in total. The number of aliphatic hydroxyl groups is 1. The fraction of sp³-hybridized carbons (Fsp3) is 0.625. The minimum atomic E-state index is -0.390. The van der Waals surface area contributed by atoms with Crippen molar-refractivity contribution in [1.29, 1.82) is 0 Å². The van der Waals surface area contributed by atoms with E-state index in [1.54, 1.807) is 0 Å². The number of hydrogen-bond acceptors (Lipinski definition) is 3. The molecule has 1 aromatic carbocycles. The fourth-order valence-electron chi connectivity index (χ4n) is 2.22. The Labute approximate surface area is 117 Å². The number of likely N-dealkylation sites (N-methyl/N-ethyl adjacent to an activating group) is 1. The highest BCUT2D eigenvalue weighted by molar-refractivity contribution is 5.24. The van der Waals surface area contributed by atoms with Gasteiger partial charge in [0.15, 0.2) is 0 Å². The van der Waals surface area contributed by atoms with E-state index in [4.69, 9.17) is 0 Å². The predicted molar refractivity (Wildman–Crippen MR) is 81.4 cm³/mol. The van der Waals surface area contributed by atoms with Crippen LogP contribution in [0.2, 0.25) is 0 Å². The molecule has 3 nitrogen and oxygen atoms in total. The monoisotopic (exact) mass is 264 g/mol. The van der Waals surface area contributed by atoms with E-state index in [0.717, 1.165) is 31.6 Å². The molecular weight excluding hydrogens is 236 g/mol. The second-order valence-corrected chi connectivity index (χ2v) is 5.48. The Bertz CT molecular complexity index is 366. The highest BCUT2D eigenvalue weighted by Crippen LogP contribution is 2.15. The number of benzene rings is 1. The van der Waals surface area contributed by atoms with Crippen LogP contribution < -0.4 is 0 Å². The van der Waals surface area contributed by atoms with Crippen LogP contribution in [-0.2, 0) is 0 Å². The molecule has 1 aromatic rings. The molecular formula is C16H28N2O. The van der Waals surface area contributed by atoms with E-state index in [1.165, 1.54) is 5.56 Å². The summed E-state index contributed by atoms with van der Waals surface area (Å²) in [5.74, 6) is 0. The van der Waals surface area contributed by atoms with Crippen molar-refractivity contribution in [3.8, 4) is 0 Å². The average molecular weight is 264 g/mol. The van der Waals surface area contributed by atoms with Crippen molar-refractivity contribution in [3.05, 3.63) is 35.4 Å². The van der Waals surface area contributed by atoms with E-state index in [0.29, 0.717) is 6.54 Å². The van der Waals surface area contributed by atoms with Crippen LogP contribution in [0.25, 0.3) is 0 Å². The van der Waals surface area contributed by atoms with Crippen molar-refractivity contribution < 1.29 is 5.11 Å². The van der Waals surface area contributed by atoms with Gasteiger partial charge in [0.05, 0.1) is 6.10 Å². The summed E-state index contributed by atoms with van der Waals surface area (Å²) in [5, 5.41) is 10.3. The summed E-state index contributed by atoms with van der Waals surface area (Å²) < 4.78 is 0. The number of rotatable bonds is 8. The van der Waals surface area contributed by atoms with Gasteiger partial charge < -0.3 is 14.9 Å². The van der Waals surface area contributed by atoms with Crippen LogP contribution in [0.4, 0.5) is 0 Å². The molecule has 0 fully saturated rings. The minimum Gasteiger partial charge on any atom is -0.387 e. The zero-order valence-corrected chi connectivity index (χ0v) is 12.8. The summed E-state index contributed by atoms with van der Waals surface area (Å²) in [4.78, 5) is 4.52. The topological polar surface area (TPSA) is 26.7 Å². The van der Waals surface area contributed by atoms with Gasteiger partial charge in [-0.25, -0.2) is 0 Å². The molecule has 108 valence electrons. The fourth-order valence-corrected chi connectivity index (χ4v) is 2.22. The van der Waals surface area contributed by atoms with Gasteiger partial charge in [0.2, 0.25) is 0 Å². The normalized spacial score (nSPS) is 13.2. The van der Waals surface area contributed by atoms with Crippen LogP contribution >= 0.6 is 0 Å². The Kier molecular flexibility index (Phi) is 7.06. The molecule has 1 rings (SSSR count). The van der Waals surface area contributed by atoms with E-state index in [-0.39, 0.29) is 6.10 Å². The van der Waals surface area contributed by atoms with E-state index in [2.05, 4.69) is 49.9 Å². The number of hydrogen-bond donors (Lipinski definition) is 1. The van der Waals surface area contributed by atoms with Gasteiger partial charge >= 0.3 is 0 Å². The van der Waals surface area contributed by atoms with Gasteiger partial charge in [-0.3, -0.25) is 0 Å². The molecule has 1 unspecified atom stereocenters. The average Bonchev–Trinajstić information content (AvgIpc) is 2.37. The van der Waals surface area contributed by atoms with Gasteiger partial charge in [0.25, 0.3) is 0 Å². The van der Waals surface area contributed by atoms with Crippen molar-refractivity contribution in [2.24, 2.45) is 0 Å². The Hall–Kier alpha value is -0.900. The van der Waals surface area contributed by atoms with Crippen molar-refractivity contribution in [1.82, 2.24) is 9.80 Å². The third kappa shape index (κ3) is 6.19. The van der Waals surface area contributed by atoms with E-state index in [1.807, 2.05) is 12.1 Å². The Morgan fingerprint density at radius 1 is 1.21 bits per heavy atom. The van der Waals surface area contributed by atoms with Crippen LogP contribution in [0.1, 0.15) is 30.6 Å². The minimum absolute atomic E-state index is 0.390. The van der Waals surface area contributed by atoms with Crippen LogP contribution in [0.15, 0.2) is 24.3 Å². The van der Waals surface area contributed by atoms with Gasteiger partial charge in [0.1, 0.15) is 0 Å². The van der Waals surface area contributed by atoms with Crippen LogP contribution in [0.5, 0.6) is 0 Å². The zero-order valence-electron chi connectivity index (χ0n) is 12.8. The Balaban J connectivity index is 2.46. The first-order valence-electron chi connectivity index (χ1n) is 7.14. The van der Waals surface area contributed by atoms with Gasteiger partial charge in [-0.05, 0) is 52.6 Å².